The predicted octanol–water partition coefficient (Wildman–Crippen LogP) is 2.88. The summed E-state index contributed by atoms with van der Waals surface area (Å²) in [4.78, 5) is 13.9. The van der Waals surface area contributed by atoms with Crippen molar-refractivity contribution in [2.75, 3.05) is 0 Å². The standard InChI is InChI=1S/C9H6ClF5N2O/c10-7(18)5-3(1-16)4(9(13,14)15)2-17-6(5)8(11)12/h2,8H,1,16H2. The maximum atomic E-state index is 12.6. The van der Waals surface area contributed by atoms with Crippen LogP contribution in [0.1, 0.15) is 33.6 Å². The Bertz CT molecular complexity index is 475. The summed E-state index contributed by atoms with van der Waals surface area (Å²) in [5.74, 6) is 0. The van der Waals surface area contributed by atoms with Crippen LogP contribution in [0.25, 0.3) is 0 Å². The van der Waals surface area contributed by atoms with Gasteiger partial charge in [-0.25, -0.2) is 8.78 Å². The van der Waals surface area contributed by atoms with Crippen molar-refractivity contribution in [2.45, 2.75) is 19.1 Å². The van der Waals surface area contributed by atoms with E-state index in [1.807, 2.05) is 0 Å². The first-order valence-electron chi connectivity index (χ1n) is 4.47. The Balaban J connectivity index is 3.64. The van der Waals surface area contributed by atoms with Crippen LogP contribution < -0.4 is 5.73 Å². The molecule has 100 valence electrons. The highest BCUT2D eigenvalue weighted by atomic mass is 35.5. The first-order chi connectivity index (χ1) is 8.20. The van der Waals surface area contributed by atoms with E-state index in [2.05, 4.69) is 4.98 Å². The molecule has 1 rings (SSSR count). The summed E-state index contributed by atoms with van der Waals surface area (Å²) in [6, 6.07) is 0. The van der Waals surface area contributed by atoms with E-state index in [-0.39, 0.29) is 6.20 Å². The van der Waals surface area contributed by atoms with Gasteiger partial charge >= 0.3 is 6.18 Å². The average molecular weight is 289 g/mol. The van der Waals surface area contributed by atoms with E-state index >= 15 is 0 Å². The Morgan fingerprint density at radius 3 is 2.33 bits per heavy atom. The lowest BCUT2D eigenvalue weighted by molar-refractivity contribution is -0.138. The second-order valence-corrected chi connectivity index (χ2v) is 3.53. The van der Waals surface area contributed by atoms with Gasteiger partial charge in [0.2, 0.25) is 0 Å². The lowest BCUT2D eigenvalue weighted by atomic mass is 10.0. The topological polar surface area (TPSA) is 56.0 Å². The molecule has 0 fully saturated rings. The number of hydrogen-bond acceptors (Lipinski definition) is 3. The number of nitrogens with zero attached hydrogens (tertiary/aromatic N) is 1. The number of carbonyl (C=O) groups excluding carboxylic acids is 1. The monoisotopic (exact) mass is 288 g/mol. The van der Waals surface area contributed by atoms with E-state index in [1.54, 1.807) is 0 Å². The number of rotatable bonds is 3. The van der Waals surface area contributed by atoms with Gasteiger partial charge in [-0.2, -0.15) is 13.2 Å². The summed E-state index contributed by atoms with van der Waals surface area (Å²) in [6.07, 6.45) is -7.87. The van der Waals surface area contributed by atoms with Gasteiger partial charge in [-0.3, -0.25) is 9.78 Å². The molecule has 0 aliphatic heterocycles. The maximum absolute atomic E-state index is 12.6. The molecule has 0 aromatic carbocycles. The van der Waals surface area contributed by atoms with Crippen molar-refractivity contribution in [1.82, 2.24) is 4.98 Å². The molecule has 0 aliphatic rings. The van der Waals surface area contributed by atoms with Gasteiger partial charge in [0.15, 0.2) is 0 Å². The Hall–Kier alpha value is -1.28. The van der Waals surface area contributed by atoms with Crippen LogP contribution in [0.3, 0.4) is 0 Å². The molecule has 0 amide bonds. The van der Waals surface area contributed by atoms with Gasteiger partial charge in [0.1, 0.15) is 5.69 Å². The van der Waals surface area contributed by atoms with Gasteiger partial charge in [-0.1, -0.05) is 0 Å². The second-order valence-electron chi connectivity index (χ2n) is 3.19. The molecule has 9 heteroatoms. The fraction of sp³-hybridized carbons (Fsp3) is 0.333. The van der Waals surface area contributed by atoms with Gasteiger partial charge in [-0.15, -0.1) is 0 Å². The highest BCUT2D eigenvalue weighted by Gasteiger charge is 2.37. The van der Waals surface area contributed by atoms with Crippen LogP contribution in [0.4, 0.5) is 22.0 Å². The van der Waals surface area contributed by atoms with Gasteiger partial charge in [0, 0.05) is 12.7 Å². The molecule has 1 heterocycles. The van der Waals surface area contributed by atoms with Crippen LogP contribution in [0, 0.1) is 0 Å². The van der Waals surface area contributed by atoms with Crippen molar-refractivity contribution in [2.24, 2.45) is 5.73 Å². The smallest absolute Gasteiger partial charge is 0.326 e. The van der Waals surface area contributed by atoms with Crippen LogP contribution in [0.15, 0.2) is 6.20 Å². The Labute approximate surface area is 103 Å². The van der Waals surface area contributed by atoms with Crippen molar-refractivity contribution in [3.8, 4) is 0 Å². The van der Waals surface area contributed by atoms with Crippen molar-refractivity contribution >= 4 is 16.8 Å². The number of hydrogen-bond donors (Lipinski definition) is 1. The molecule has 18 heavy (non-hydrogen) atoms. The lowest BCUT2D eigenvalue weighted by Crippen LogP contribution is -2.18. The quantitative estimate of drug-likeness (QED) is 0.687. The summed E-state index contributed by atoms with van der Waals surface area (Å²) >= 11 is 5.02. The molecular weight excluding hydrogens is 283 g/mol. The number of nitrogens with two attached hydrogens (primary N) is 1. The molecule has 1 aromatic heterocycles. The fourth-order valence-electron chi connectivity index (χ4n) is 1.41. The summed E-state index contributed by atoms with van der Waals surface area (Å²) in [6.45, 7) is -0.759. The van der Waals surface area contributed by atoms with Crippen molar-refractivity contribution < 1.29 is 26.7 Å². The molecule has 0 saturated carbocycles. The Kier molecular flexibility index (Phi) is 4.23. The third-order valence-corrected chi connectivity index (χ3v) is 2.32. The van der Waals surface area contributed by atoms with E-state index in [0.717, 1.165) is 0 Å². The van der Waals surface area contributed by atoms with E-state index < -0.39 is 46.8 Å². The predicted molar refractivity (Wildman–Crippen MR) is 52.3 cm³/mol. The SMILES string of the molecule is NCc1c(C(F)(F)F)cnc(C(F)F)c1C(=O)Cl. The number of carbonyl (C=O) groups is 1. The highest BCUT2D eigenvalue weighted by Crippen LogP contribution is 2.35. The molecule has 0 atom stereocenters. The third-order valence-electron chi connectivity index (χ3n) is 2.13. The fourth-order valence-corrected chi connectivity index (χ4v) is 1.62. The largest absolute Gasteiger partial charge is 0.418 e. The summed E-state index contributed by atoms with van der Waals surface area (Å²) in [5, 5.41) is -1.45. The Morgan fingerprint density at radius 2 is 2.00 bits per heavy atom. The molecule has 0 unspecified atom stereocenters. The van der Waals surface area contributed by atoms with Gasteiger partial charge in [0.25, 0.3) is 11.7 Å². The normalized spacial score (nSPS) is 12.0. The molecular formula is C9H6ClF5N2O. The first kappa shape index (κ1) is 14.8. The highest BCUT2D eigenvalue weighted by molar-refractivity contribution is 6.68. The number of alkyl halides is 5. The second kappa shape index (κ2) is 5.15. The minimum atomic E-state index is -4.86. The number of aromatic nitrogens is 1. The molecule has 3 nitrogen and oxygen atoms in total. The van der Waals surface area contributed by atoms with E-state index in [0.29, 0.717) is 0 Å². The molecule has 0 spiro atoms. The molecule has 0 radical (unpaired) electrons. The molecule has 0 saturated heterocycles. The van der Waals surface area contributed by atoms with Crippen molar-refractivity contribution in [3.05, 3.63) is 28.6 Å². The summed E-state index contributed by atoms with van der Waals surface area (Å²) in [7, 11) is 0. The van der Waals surface area contributed by atoms with Crippen LogP contribution >= 0.6 is 11.6 Å². The minimum absolute atomic E-state index is 0.215. The van der Waals surface area contributed by atoms with Gasteiger partial charge in [-0.05, 0) is 17.2 Å². The number of pyridine rings is 1. The van der Waals surface area contributed by atoms with Crippen molar-refractivity contribution in [3.63, 3.8) is 0 Å². The third kappa shape index (κ3) is 2.75. The zero-order chi connectivity index (χ0) is 14.1. The first-order valence-corrected chi connectivity index (χ1v) is 4.85. The summed E-state index contributed by atoms with van der Waals surface area (Å²) in [5.41, 5.74) is 0.848. The van der Waals surface area contributed by atoms with E-state index in [9.17, 15) is 26.7 Å². The number of halogens is 6. The van der Waals surface area contributed by atoms with Crippen LogP contribution in [-0.2, 0) is 12.7 Å². The van der Waals surface area contributed by atoms with Gasteiger partial charge in [0.05, 0.1) is 11.1 Å². The van der Waals surface area contributed by atoms with Gasteiger partial charge < -0.3 is 5.73 Å². The summed E-state index contributed by atoms with van der Waals surface area (Å²) < 4.78 is 62.8. The molecule has 2 N–H and O–H groups in total. The zero-order valence-corrected chi connectivity index (χ0v) is 9.32. The minimum Gasteiger partial charge on any atom is -0.326 e. The van der Waals surface area contributed by atoms with E-state index in [1.165, 1.54) is 0 Å². The lowest BCUT2D eigenvalue weighted by Gasteiger charge is -2.16. The molecule has 1 aromatic rings. The van der Waals surface area contributed by atoms with Crippen LogP contribution in [0.2, 0.25) is 0 Å². The van der Waals surface area contributed by atoms with Crippen molar-refractivity contribution in [1.29, 1.82) is 0 Å². The van der Waals surface area contributed by atoms with Crippen LogP contribution in [0.5, 0.6) is 0 Å². The van der Waals surface area contributed by atoms with E-state index in [4.69, 9.17) is 17.3 Å². The average Bonchev–Trinajstić information content (AvgIpc) is 2.25. The Morgan fingerprint density at radius 1 is 1.44 bits per heavy atom. The molecule has 0 aliphatic carbocycles. The molecule has 0 bridgehead atoms. The maximum Gasteiger partial charge on any atom is 0.418 e. The zero-order valence-electron chi connectivity index (χ0n) is 8.56. The van der Waals surface area contributed by atoms with Crippen LogP contribution in [-0.4, -0.2) is 10.2 Å².